The van der Waals surface area contributed by atoms with Gasteiger partial charge in [0.05, 0.1) is 11.4 Å². The van der Waals surface area contributed by atoms with Crippen LogP contribution >= 0.6 is 0 Å². The van der Waals surface area contributed by atoms with Crippen molar-refractivity contribution < 1.29 is 15.0 Å². The number of carbonyl (C=O) groups is 1. The Balaban J connectivity index is 2.80. The SMILES string of the molecule is C[C@H]1CN(N=O)[C@H](C(=O)O)[C@H]1O. The second-order valence-corrected chi connectivity index (χ2v) is 2.95. The van der Waals surface area contributed by atoms with E-state index in [9.17, 15) is 14.8 Å². The van der Waals surface area contributed by atoms with Crippen molar-refractivity contribution in [3.05, 3.63) is 4.91 Å². The second kappa shape index (κ2) is 3.06. The Morgan fingerprint density at radius 1 is 1.67 bits per heavy atom. The van der Waals surface area contributed by atoms with E-state index in [1.807, 2.05) is 0 Å². The topological polar surface area (TPSA) is 90.2 Å². The number of nitroso groups, excluding NO2 is 1. The molecule has 6 nitrogen and oxygen atoms in total. The summed E-state index contributed by atoms with van der Waals surface area (Å²) in [5.41, 5.74) is 0. The maximum absolute atomic E-state index is 10.5. The molecule has 1 heterocycles. The second-order valence-electron chi connectivity index (χ2n) is 2.95. The molecule has 0 unspecified atom stereocenters. The number of aliphatic carboxylic acids is 1. The van der Waals surface area contributed by atoms with Gasteiger partial charge < -0.3 is 10.2 Å². The van der Waals surface area contributed by atoms with E-state index in [0.29, 0.717) is 0 Å². The highest BCUT2D eigenvalue weighted by molar-refractivity contribution is 5.74. The summed E-state index contributed by atoms with van der Waals surface area (Å²) in [7, 11) is 0. The van der Waals surface area contributed by atoms with Gasteiger partial charge in [0, 0.05) is 12.5 Å². The molecular weight excluding hydrogens is 164 g/mol. The number of nitrogens with zero attached hydrogens (tertiary/aromatic N) is 2. The fourth-order valence-electron chi connectivity index (χ4n) is 1.36. The monoisotopic (exact) mass is 174 g/mol. The Kier molecular flexibility index (Phi) is 2.27. The van der Waals surface area contributed by atoms with E-state index in [1.165, 1.54) is 0 Å². The first-order valence-corrected chi connectivity index (χ1v) is 3.58. The van der Waals surface area contributed by atoms with Gasteiger partial charge in [-0.3, -0.25) is 0 Å². The highest BCUT2D eigenvalue weighted by Crippen LogP contribution is 2.23. The third-order valence-corrected chi connectivity index (χ3v) is 2.06. The number of carboxylic acids is 1. The van der Waals surface area contributed by atoms with E-state index in [1.54, 1.807) is 6.92 Å². The van der Waals surface area contributed by atoms with Crippen LogP contribution in [0.4, 0.5) is 0 Å². The van der Waals surface area contributed by atoms with Gasteiger partial charge in [-0.15, -0.1) is 4.91 Å². The number of hydrogen-bond donors (Lipinski definition) is 2. The molecule has 0 aromatic carbocycles. The highest BCUT2D eigenvalue weighted by Gasteiger charge is 2.43. The molecule has 0 radical (unpaired) electrons. The minimum absolute atomic E-state index is 0.196. The van der Waals surface area contributed by atoms with Gasteiger partial charge in [0.2, 0.25) is 0 Å². The van der Waals surface area contributed by atoms with Gasteiger partial charge in [-0.25, -0.2) is 9.80 Å². The number of aliphatic hydroxyl groups is 1. The summed E-state index contributed by atoms with van der Waals surface area (Å²) >= 11 is 0. The van der Waals surface area contributed by atoms with Crippen molar-refractivity contribution in [3.8, 4) is 0 Å². The molecule has 6 heteroatoms. The van der Waals surface area contributed by atoms with Crippen molar-refractivity contribution in [1.82, 2.24) is 5.01 Å². The smallest absolute Gasteiger partial charge is 0.330 e. The summed E-state index contributed by atoms with van der Waals surface area (Å²) in [5, 5.41) is 21.3. The standard InChI is InChI=1S/C6H10N2O4/c1-3-2-8(7-12)4(5(3)9)6(10)11/h3-5,9H,2H2,1H3,(H,10,11)/t3-,4-,5-/m0/s1. The van der Waals surface area contributed by atoms with Crippen molar-refractivity contribution in [1.29, 1.82) is 0 Å². The lowest BCUT2D eigenvalue weighted by atomic mass is 10.0. The number of rotatable bonds is 2. The lowest BCUT2D eigenvalue weighted by Crippen LogP contribution is -2.39. The van der Waals surface area contributed by atoms with Gasteiger partial charge in [-0.1, -0.05) is 6.92 Å². The zero-order valence-corrected chi connectivity index (χ0v) is 6.54. The summed E-state index contributed by atoms with van der Waals surface area (Å²) in [6.07, 6.45) is -1.01. The number of carboxylic acid groups (broad SMARTS) is 1. The fraction of sp³-hybridized carbons (Fsp3) is 0.833. The van der Waals surface area contributed by atoms with Crippen LogP contribution in [0.15, 0.2) is 5.29 Å². The van der Waals surface area contributed by atoms with Crippen LogP contribution in [0, 0.1) is 10.8 Å². The summed E-state index contributed by atoms with van der Waals surface area (Å²) in [6, 6.07) is -1.18. The van der Waals surface area contributed by atoms with Crippen LogP contribution in [0.1, 0.15) is 6.92 Å². The summed E-state index contributed by atoms with van der Waals surface area (Å²) in [6.45, 7) is 1.87. The van der Waals surface area contributed by atoms with Gasteiger partial charge in [0.1, 0.15) is 0 Å². The molecule has 68 valence electrons. The summed E-state index contributed by atoms with van der Waals surface area (Å²) in [4.78, 5) is 20.6. The first kappa shape index (κ1) is 8.92. The molecule has 0 aromatic rings. The normalized spacial score (nSPS) is 35.2. The molecule has 2 N–H and O–H groups in total. The van der Waals surface area contributed by atoms with Crippen LogP contribution < -0.4 is 0 Å². The molecule has 12 heavy (non-hydrogen) atoms. The Hall–Kier alpha value is -1.17. The van der Waals surface area contributed by atoms with Crippen LogP contribution in [0.3, 0.4) is 0 Å². The molecule has 0 bridgehead atoms. The third-order valence-electron chi connectivity index (χ3n) is 2.06. The van der Waals surface area contributed by atoms with Gasteiger partial charge in [0.25, 0.3) is 0 Å². The predicted molar refractivity (Wildman–Crippen MR) is 39.1 cm³/mol. The van der Waals surface area contributed by atoms with Crippen molar-refractivity contribution in [3.63, 3.8) is 0 Å². The van der Waals surface area contributed by atoms with Crippen LogP contribution in [0.2, 0.25) is 0 Å². The maximum Gasteiger partial charge on any atom is 0.330 e. The lowest BCUT2D eigenvalue weighted by molar-refractivity contribution is -0.145. The first-order valence-electron chi connectivity index (χ1n) is 3.58. The third kappa shape index (κ3) is 1.25. The highest BCUT2D eigenvalue weighted by atomic mass is 16.4. The van der Waals surface area contributed by atoms with Crippen LogP contribution in [0.5, 0.6) is 0 Å². The van der Waals surface area contributed by atoms with E-state index in [2.05, 4.69) is 5.29 Å². The Morgan fingerprint density at radius 2 is 2.25 bits per heavy atom. The molecule has 1 aliphatic heterocycles. The molecule has 0 amide bonds. The molecule has 0 aliphatic carbocycles. The average molecular weight is 174 g/mol. The molecule has 3 atom stereocenters. The van der Waals surface area contributed by atoms with Crippen LogP contribution in [-0.4, -0.2) is 39.9 Å². The van der Waals surface area contributed by atoms with Gasteiger partial charge >= 0.3 is 5.97 Å². The van der Waals surface area contributed by atoms with E-state index in [0.717, 1.165) is 5.01 Å². The minimum atomic E-state index is -1.22. The molecule has 0 spiro atoms. The van der Waals surface area contributed by atoms with Crippen molar-refractivity contribution in [2.24, 2.45) is 11.2 Å². The molecular formula is C6H10N2O4. The van der Waals surface area contributed by atoms with Crippen molar-refractivity contribution >= 4 is 5.97 Å². The average Bonchev–Trinajstić information content (AvgIpc) is 2.28. The minimum Gasteiger partial charge on any atom is -0.480 e. The maximum atomic E-state index is 10.5. The van der Waals surface area contributed by atoms with E-state index < -0.39 is 18.1 Å². The molecule has 1 saturated heterocycles. The van der Waals surface area contributed by atoms with Crippen molar-refractivity contribution in [2.45, 2.75) is 19.1 Å². The lowest BCUT2D eigenvalue weighted by Gasteiger charge is -2.15. The number of aliphatic hydroxyl groups excluding tert-OH is 1. The van der Waals surface area contributed by atoms with E-state index in [-0.39, 0.29) is 12.5 Å². The molecule has 1 rings (SSSR count). The summed E-state index contributed by atoms with van der Waals surface area (Å²) in [5.74, 6) is -1.45. The van der Waals surface area contributed by atoms with E-state index in [4.69, 9.17) is 5.11 Å². The largest absolute Gasteiger partial charge is 0.480 e. The van der Waals surface area contributed by atoms with Crippen molar-refractivity contribution in [2.75, 3.05) is 6.54 Å². The van der Waals surface area contributed by atoms with Gasteiger partial charge in [0.15, 0.2) is 6.04 Å². The zero-order valence-electron chi connectivity index (χ0n) is 6.54. The van der Waals surface area contributed by atoms with Crippen LogP contribution in [0.25, 0.3) is 0 Å². The Labute approximate surface area is 68.7 Å². The number of hydrogen-bond acceptors (Lipinski definition) is 4. The Bertz CT molecular complexity index is 208. The molecule has 1 aliphatic rings. The summed E-state index contributed by atoms with van der Waals surface area (Å²) < 4.78 is 0. The van der Waals surface area contributed by atoms with Gasteiger partial charge in [-0.2, -0.15) is 0 Å². The quantitative estimate of drug-likeness (QED) is 0.547. The molecule has 1 fully saturated rings. The molecule has 0 saturated carbocycles. The Morgan fingerprint density at radius 3 is 2.58 bits per heavy atom. The fourth-order valence-corrected chi connectivity index (χ4v) is 1.36. The molecule has 0 aromatic heterocycles. The zero-order chi connectivity index (χ0) is 9.30. The van der Waals surface area contributed by atoms with E-state index >= 15 is 0 Å². The van der Waals surface area contributed by atoms with Crippen LogP contribution in [-0.2, 0) is 4.79 Å². The van der Waals surface area contributed by atoms with Gasteiger partial charge in [-0.05, 0) is 0 Å². The first-order chi connectivity index (χ1) is 5.57. The predicted octanol–water partition coefficient (Wildman–Crippen LogP) is -0.566.